The Hall–Kier alpha value is -3.26. The van der Waals surface area contributed by atoms with Gasteiger partial charge in [0.1, 0.15) is 11.6 Å². The zero-order chi connectivity index (χ0) is 21.7. The maximum Gasteiger partial charge on any atom is 0.264 e. The van der Waals surface area contributed by atoms with Gasteiger partial charge < -0.3 is 5.32 Å². The summed E-state index contributed by atoms with van der Waals surface area (Å²) >= 11 is 0. The van der Waals surface area contributed by atoms with Crippen molar-refractivity contribution in [2.45, 2.75) is 18.4 Å². The molecular weight excluding hydrogens is 410 g/mol. The second-order valence-electron chi connectivity index (χ2n) is 6.49. The lowest BCUT2D eigenvalue weighted by atomic mass is 10.2. The predicted molar refractivity (Wildman–Crippen MR) is 111 cm³/mol. The number of benzene rings is 3. The highest BCUT2D eigenvalue weighted by Crippen LogP contribution is 2.23. The van der Waals surface area contributed by atoms with Gasteiger partial charge >= 0.3 is 0 Å². The number of halogens is 2. The third kappa shape index (κ3) is 4.83. The lowest BCUT2D eigenvalue weighted by Gasteiger charge is -2.23. The average molecular weight is 430 g/mol. The van der Waals surface area contributed by atoms with Gasteiger partial charge in [0.25, 0.3) is 15.9 Å². The number of para-hydroxylation sites is 1. The summed E-state index contributed by atoms with van der Waals surface area (Å²) in [5.74, 6) is -1.94. The molecule has 1 amide bonds. The van der Waals surface area contributed by atoms with Crippen LogP contribution in [-0.2, 0) is 16.6 Å². The second-order valence-corrected chi connectivity index (χ2v) is 8.35. The number of rotatable bonds is 7. The smallest absolute Gasteiger partial charge is 0.264 e. The van der Waals surface area contributed by atoms with Crippen LogP contribution in [0.3, 0.4) is 0 Å². The van der Waals surface area contributed by atoms with Crippen molar-refractivity contribution >= 4 is 21.6 Å². The van der Waals surface area contributed by atoms with Crippen molar-refractivity contribution in [3.63, 3.8) is 0 Å². The Morgan fingerprint density at radius 3 is 2.10 bits per heavy atom. The van der Waals surface area contributed by atoms with Crippen molar-refractivity contribution < 1.29 is 22.0 Å². The van der Waals surface area contributed by atoms with Gasteiger partial charge in [-0.2, -0.15) is 0 Å². The number of hydrogen-bond acceptors (Lipinski definition) is 3. The molecule has 0 fully saturated rings. The van der Waals surface area contributed by atoms with Crippen LogP contribution >= 0.6 is 0 Å². The van der Waals surface area contributed by atoms with Crippen LogP contribution in [0.1, 0.15) is 22.8 Å². The molecule has 0 atom stereocenters. The fraction of sp³-hybridized carbons (Fsp3) is 0.136. The average Bonchev–Trinajstić information content (AvgIpc) is 2.72. The fourth-order valence-electron chi connectivity index (χ4n) is 2.99. The molecule has 0 saturated carbocycles. The zero-order valence-electron chi connectivity index (χ0n) is 16.2. The molecule has 0 aliphatic heterocycles. The normalized spacial score (nSPS) is 11.2. The van der Waals surface area contributed by atoms with Gasteiger partial charge in [-0.3, -0.25) is 9.10 Å². The van der Waals surface area contributed by atoms with Crippen LogP contribution in [0.2, 0.25) is 0 Å². The molecule has 0 aliphatic rings. The number of nitrogens with zero attached hydrogens (tertiary/aromatic N) is 1. The molecule has 1 N–H and O–H groups in total. The maximum atomic E-state index is 13.2. The first-order chi connectivity index (χ1) is 14.3. The minimum atomic E-state index is -3.79. The first-order valence-corrected chi connectivity index (χ1v) is 10.7. The fourth-order valence-corrected chi connectivity index (χ4v) is 4.46. The van der Waals surface area contributed by atoms with Crippen molar-refractivity contribution in [3.05, 3.63) is 95.6 Å². The Balaban J connectivity index is 1.74. The molecule has 0 aromatic heterocycles. The number of sulfonamides is 1. The highest BCUT2D eigenvalue weighted by molar-refractivity contribution is 7.92. The molecule has 8 heteroatoms. The number of nitrogens with one attached hydrogen (secondary N) is 1. The van der Waals surface area contributed by atoms with Crippen LogP contribution in [0.4, 0.5) is 14.5 Å². The van der Waals surface area contributed by atoms with Crippen molar-refractivity contribution in [2.24, 2.45) is 0 Å². The van der Waals surface area contributed by atoms with E-state index in [0.29, 0.717) is 5.69 Å². The maximum absolute atomic E-state index is 13.2. The molecule has 156 valence electrons. The van der Waals surface area contributed by atoms with E-state index in [9.17, 15) is 22.0 Å². The van der Waals surface area contributed by atoms with Gasteiger partial charge in [0.15, 0.2) is 0 Å². The van der Waals surface area contributed by atoms with Gasteiger partial charge in [-0.25, -0.2) is 17.2 Å². The molecule has 0 bridgehead atoms. The monoisotopic (exact) mass is 430 g/mol. The van der Waals surface area contributed by atoms with Gasteiger partial charge in [0.05, 0.1) is 10.6 Å². The molecule has 30 heavy (non-hydrogen) atoms. The Morgan fingerprint density at radius 2 is 1.53 bits per heavy atom. The summed E-state index contributed by atoms with van der Waals surface area (Å²) in [6.45, 7) is 1.92. The topological polar surface area (TPSA) is 66.5 Å². The van der Waals surface area contributed by atoms with E-state index in [2.05, 4.69) is 5.32 Å². The lowest BCUT2D eigenvalue weighted by Crippen LogP contribution is -2.30. The van der Waals surface area contributed by atoms with Crippen LogP contribution < -0.4 is 9.62 Å². The molecule has 5 nitrogen and oxygen atoms in total. The van der Waals surface area contributed by atoms with E-state index < -0.39 is 27.6 Å². The standard InChI is InChI=1S/C22H20F2N2O3S/c1-2-26(20-6-4-3-5-7-20)30(28,29)21-10-8-17(9-11-21)22(27)25-15-16-12-18(23)14-19(24)13-16/h3-14H,2,15H2,1H3,(H,25,27). The summed E-state index contributed by atoms with van der Waals surface area (Å²) in [6, 6.07) is 17.2. The van der Waals surface area contributed by atoms with E-state index in [1.54, 1.807) is 37.3 Å². The summed E-state index contributed by atoms with van der Waals surface area (Å²) in [5.41, 5.74) is 1.05. The van der Waals surface area contributed by atoms with Crippen molar-refractivity contribution in [3.8, 4) is 0 Å². The van der Waals surface area contributed by atoms with Crippen LogP contribution in [-0.4, -0.2) is 20.9 Å². The summed E-state index contributed by atoms with van der Waals surface area (Å²) < 4.78 is 53.7. The van der Waals surface area contributed by atoms with Gasteiger partial charge in [-0.1, -0.05) is 18.2 Å². The van der Waals surface area contributed by atoms with Gasteiger partial charge in [-0.05, 0) is 61.0 Å². The molecule has 0 saturated heterocycles. The summed E-state index contributed by atoms with van der Waals surface area (Å²) in [7, 11) is -3.79. The van der Waals surface area contributed by atoms with E-state index in [1.807, 2.05) is 0 Å². The zero-order valence-corrected chi connectivity index (χ0v) is 17.0. The van der Waals surface area contributed by atoms with E-state index in [4.69, 9.17) is 0 Å². The number of carbonyl (C=O) groups is 1. The Labute approximate surface area is 174 Å². The number of hydrogen-bond donors (Lipinski definition) is 1. The molecule has 0 radical (unpaired) electrons. The first kappa shape index (κ1) is 21.4. The number of anilines is 1. The van der Waals surface area contributed by atoms with Crippen molar-refractivity contribution in [2.75, 3.05) is 10.8 Å². The molecule has 0 aliphatic carbocycles. The Bertz CT molecular complexity index is 1110. The third-order valence-corrected chi connectivity index (χ3v) is 6.33. The summed E-state index contributed by atoms with van der Waals surface area (Å²) in [4.78, 5) is 12.4. The molecule has 3 aromatic rings. The van der Waals surface area contributed by atoms with Gasteiger partial charge in [0.2, 0.25) is 0 Å². The molecule has 3 rings (SSSR count). The number of carbonyl (C=O) groups excluding carboxylic acids is 1. The predicted octanol–water partition coefficient (Wildman–Crippen LogP) is 4.11. The van der Waals surface area contributed by atoms with E-state index >= 15 is 0 Å². The van der Waals surface area contributed by atoms with E-state index in [1.165, 1.54) is 28.6 Å². The third-order valence-electron chi connectivity index (χ3n) is 4.41. The SMILES string of the molecule is CCN(c1ccccc1)S(=O)(=O)c1ccc(C(=O)NCc2cc(F)cc(F)c2)cc1. The lowest BCUT2D eigenvalue weighted by molar-refractivity contribution is 0.0950. The molecular formula is C22H20F2N2O3S. The Morgan fingerprint density at radius 1 is 0.933 bits per heavy atom. The molecule has 0 unspecified atom stereocenters. The highest BCUT2D eigenvalue weighted by atomic mass is 32.2. The first-order valence-electron chi connectivity index (χ1n) is 9.22. The van der Waals surface area contributed by atoms with Crippen LogP contribution in [0.15, 0.2) is 77.7 Å². The van der Waals surface area contributed by atoms with Crippen LogP contribution in [0, 0.1) is 11.6 Å². The number of amides is 1. The molecule has 0 spiro atoms. The minimum absolute atomic E-state index is 0.0527. The van der Waals surface area contributed by atoms with Gasteiger partial charge in [0, 0.05) is 24.7 Å². The van der Waals surface area contributed by atoms with E-state index in [0.717, 1.165) is 18.2 Å². The quantitative estimate of drug-likeness (QED) is 0.614. The highest BCUT2D eigenvalue weighted by Gasteiger charge is 2.23. The van der Waals surface area contributed by atoms with Crippen LogP contribution in [0.25, 0.3) is 0 Å². The van der Waals surface area contributed by atoms with Crippen molar-refractivity contribution in [1.29, 1.82) is 0 Å². The minimum Gasteiger partial charge on any atom is -0.348 e. The Kier molecular flexibility index (Phi) is 6.47. The summed E-state index contributed by atoms with van der Waals surface area (Å²) in [6.07, 6.45) is 0. The van der Waals surface area contributed by atoms with E-state index in [-0.39, 0.29) is 29.1 Å². The summed E-state index contributed by atoms with van der Waals surface area (Å²) in [5, 5.41) is 2.56. The largest absolute Gasteiger partial charge is 0.348 e. The van der Waals surface area contributed by atoms with Crippen molar-refractivity contribution in [1.82, 2.24) is 5.32 Å². The van der Waals surface area contributed by atoms with Crippen LogP contribution in [0.5, 0.6) is 0 Å². The molecule has 3 aromatic carbocycles. The van der Waals surface area contributed by atoms with Gasteiger partial charge in [-0.15, -0.1) is 0 Å². The second kappa shape index (κ2) is 9.04. The molecule has 0 heterocycles.